The van der Waals surface area contributed by atoms with E-state index in [9.17, 15) is 18.0 Å². The van der Waals surface area contributed by atoms with Crippen molar-refractivity contribution in [1.82, 2.24) is 9.47 Å². The van der Waals surface area contributed by atoms with E-state index in [1.54, 1.807) is 28.7 Å². The van der Waals surface area contributed by atoms with E-state index in [1.807, 2.05) is 6.07 Å². The van der Waals surface area contributed by atoms with Gasteiger partial charge >= 0.3 is 0 Å². The fourth-order valence-corrected chi connectivity index (χ4v) is 5.90. The number of sulfone groups is 1. The van der Waals surface area contributed by atoms with Crippen LogP contribution in [-0.4, -0.2) is 68.0 Å². The minimum Gasteiger partial charge on any atom is -0.383 e. The molecule has 0 radical (unpaired) electrons. The Morgan fingerprint density at radius 3 is 2.65 bits per heavy atom. The molecule has 0 atom stereocenters. The van der Waals surface area contributed by atoms with Crippen LogP contribution in [0.2, 0.25) is 5.02 Å². The first-order chi connectivity index (χ1) is 14.7. The van der Waals surface area contributed by atoms with E-state index in [1.165, 1.54) is 11.3 Å². The number of halogens is 1. The number of carbonyl (C=O) groups excluding carboxylic acids is 2. The fourth-order valence-electron chi connectivity index (χ4n) is 3.45. The maximum atomic E-state index is 12.5. The molecule has 0 unspecified atom stereocenters. The first kappa shape index (κ1) is 23.9. The van der Waals surface area contributed by atoms with Gasteiger partial charge in [-0.2, -0.15) is 4.99 Å². The number of hydrogen-bond donors (Lipinski definition) is 0. The molecule has 1 aliphatic rings. The van der Waals surface area contributed by atoms with Crippen LogP contribution in [0.25, 0.3) is 10.2 Å². The van der Waals surface area contributed by atoms with Gasteiger partial charge in [0.1, 0.15) is 11.5 Å². The van der Waals surface area contributed by atoms with E-state index in [2.05, 4.69) is 11.9 Å². The van der Waals surface area contributed by atoms with E-state index < -0.39 is 33.2 Å². The molecule has 1 aromatic carbocycles. The molecule has 2 amide bonds. The highest BCUT2D eigenvalue weighted by Crippen LogP contribution is 2.22. The summed E-state index contributed by atoms with van der Waals surface area (Å²) in [6.45, 7) is 4.06. The van der Waals surface area contributed by atoms with Gasteiger partial charge in [0.2, 0.25) is 5.91 Å². The van der Waals surface area contributed by atoms with Crippen molar-refractivity contribution < 1.29 is 22.7 Å². The number of carbonyl (C=O) groups is 2. The Bertz CT molecular complexity index is 1130. The highest BCUT2D eigenvalue weighted by atomic mass is 35.5. The van der Waals surface area contributed by atoms with Crippen molar-refractivity contribution in [3.63, 3.8) is 0 Å². The van der Waals surface area contributed by atoms with Crippen molar-refractivity contribution in [2.45, 2.75) is 26.3 Å². The van der Waals surface area contributed by atoms with E-state index in [0.29, 0.717) is 42.0 Å². The SMILES string of the molecule is COCCn1c(=NC(=O)CS(=O)(=O)CC(=O)N2CCC(C)CC2)sc2cc(Cl)ccc21. The zero-order valence-corrected chi connectivity index (χ0v) is 19.9. The van der Waals surface area contributed by atoms with Crippen LogP contribution < -0.4 is 4.80 Å². The van der Waals surface area contributed by atoms with Crippen LogP contribution >= 0.6 is 22.9 Å². The van der Waals surface area contributed by atoms with Crippen LogP contribution in [0.1, 0.15) is 19.8 Å². The molecule has 0 spiro atoms. The highest BCUT2D eigenvalue weighted by Gasteiger charge is 2.26. The molecule has 1 saturated heterocycles. The van der Waals surface area contributed by atoms with E-state index in [0.717, 1.165) is 23.1 Å². The molecule has 0 N–H and O–H groups in total. The van der Waals surface area contributed by atoms with Crippen LogP contribution in [0.4, 0.5) is 0 Å². The lowest BCUT2D eigenvalue weighted by Crippen LogP contribution is -2.41. The van der Waals surface area contributed by atoms with Gasteiger partial charge < -0.3 is 14.2 Å². The molecule has 2 heterocycles. The van der Waals surface area contributed by atoms with Gasteiger partial charge in [-0.3, -0.25) is 9.59 Å². The summed E-state index contributed by atoms with van der Waals surface area (Å²) in [5, 5.41) is 0.554. The van der Waals surface area contributed by atoms with Gasteiger partial charge in [0, 0.05) is 31.8 Å². The molecule has 2 aromatic rings. The standard InChI is InChI=1S/C20H26ClN3O5S2/c1-14-5-7-23(8-6-14)19(26)13-31(27,28)12-18(25)22-20-24(9-10-29-2)16-4-3-15(21)11-17(16)30-20/h3-4,11,14H,5-10,12-13H2,1-2H3. The van der Waals surface area contributed by atoms with Crippen molar-refractivity contribution in [1.29, 1.82) is 0 Å². The van der Waals surface area contributed by atoms with E-state index in [-0.39, 0.29) is 0 Å². The Morgan fingerprint density at radius 2 is 1.97 bits per heavy atom. The largest absolute Gasteiger partial charge is 0.383 e. The predicted molar refractivity (Wildman–Crippen MR) is 121 cm³/mol. The summed E-state index contributed by atoms with van der Waals surface area (Å²) in [5.41, 5.74) is 0.829. The molecular formula is C20H26ClN3O5S2. The number of methoxy groups -OCH3 is 1. The number of amides is 2. The van der Waals surface area contributed by atoms with Crippen molar-refractivity contribution >= 4 is 54.8 Å². The quantitative estimate of drug-likeness (QED) is 0.595. The molecular weight excluding hydrogens is 462 g/mol. The molecule has 0 aliphatic carbocycles. The lowest BCUT2D eigenvalue weighted by atomic mass is 9.99. The molecule has 11 heteroatoms. The number of aromatic nitrogens is 1. The summed E-state index contributed by atoms with van der Waals surface area (Å²) < 4.78 is 32.7. The molecule has 0 bridgehead atoms. The third-order valence-corrected chi connectivity index (χ3v) is 7.86. The Balaban J connectivity index is 1.76. The van der Waals surface area contributed by atoms with Crippen LogP contribution in [0.5, 0.6) is 0 Å². The summed E-state index contributed by atoms with van der Waals surface area (Å²) >= 11 is 7.30. The number of nitrogens with zero attached hydrogens (tertiary/aromatic N) is 3. The van der Waals surface area contributed by atoms with Gasteiger partial charge in [0.05, 0.1) is 16.8 Å². The van der Waals surface area contributed by atoms with Crippen LogP contribution in [-0.2, 0) is 30.7 Å². The Morgan fingerprint density at radius 1 is 1.26 bits per heavy atom. The summed E-state index contributed by atoms with van der Waals surface area (Å²) in [6, 6.07) is 5.33. The number of ether oxygens (including phenoxy) is 1. The smallest absolute Gasteiger partial charge is 0.263 e. The second kappa shape index (κ2) is 10.2. The predicted octanol–water partition coefficient (Wildman–Crippen LogP) is 2.10. The van der Waals surface area contributed by atoms with Gasteiger partial charge in [-0.25, -0.2) is 8.42 Å². The third kappa shape index (κ3) is 6.38. The zero-order chi connectivity index (χ0) is 22.6. The minimum atomic E-state index is -3.91. The van der Waals surface area contributed by atoms with E-state index in [4.69, 9.17) is 16.3 Å². The van der Waals surface area contributed by atoms with Crippen molar-refractivity contribution in [2.75, 3.05) is 38.3 Å². The second-order valence-corrected chi connectivity index (χ2v) is 11.3. The molecule has 3 rings (SSSR count). The lowest BCUT2D eigenvalue weighted by molar-refractivity contribution is -0.129. The number of fused-ring (bicyclic) bond motifs is 1. The van der Waals surface area contributed by atoms with Gasteiger partial charge in [-0.15, -0.1) is 0 Å². The zero-order valence-electron chi connectivity index (χ0n) is 17.5. The average Bonchev–Trinajstić information content (AvgIpc) is 3.01. The van der Waals surface area contributed by atoms with Gasteiger partial charge in [0.25, 0.3) is 5.91 Å². The summed E-state index contributed by atoms with van der Waals surface area (Å²) in [5.74, 6) is -2.20. The average molecular weight is 488 g/mol. The number of benzene rings is 1. The third-order valence-electron chi connectivity index (χ3n) is 5.21. The lowest BCUT2D eigenvalue weighted by Gasteiger charge is -2.30. The number of hydrogen-bond acceptors (Lipinski definition) is 6. The normalized spacial score (nSPS) is 16.2. The topological polar surface area (TPSA) is 98.0 Å². The highest BCUT2D eigenvalue weighted by molar-refractivity contribution is 7.92. The minimum absolute atomic E-state index is 0.367. The number of piperidine rings is 1. The summed E-state index contributed by atoms with van der Waals surface area (Å²) in [4.78, 5) is 30.8. The summed E-state index contributed by atoms with van der Waals surface area (Å²) in [7, 11) is -2.34. The molecule has 31 heavy (non-hydrogen) atoms. The monoisotopic (exact) mass is 487 g/mol. The summed E-state index contributed by atoms with van der Waals surface area (Å²) in [6.07, 6.45) is 1.72. The van der Waals surface area contributed by atoms with Crippen LogP contribution in [0.3, 0.4) is 0 Å². The second-order valence-electron chi connectivity index (χ2n) is 7.74. The molecule has 8 nitrogen and oxygen atoms in total. The van der Waals surface area contributed by atoms with Crippen molar-refractivity contribution in [3.05, 3.63) is 28.0 Å². The van der Waals surface area contributed by atoms with Gasteiger partial charge in [-0.05, 0) is 37.0 Å². The van der Waals surface area contributed by atoms with Crippen molar-refractivity contribution in [3.8, 4) is 0 Å². The van der Waals surface area contributed by atoms with Crippen LogP contribution in [0, 0.1) is 5.92 Å². The van der Waals surface area contributed by atoms with E-state index >= 15 is 0 Å². The van der Waals surface area contributed by atoms with Crippen LogP contribution in [0.15, 0.2) is 23.2 Å². The first-order valence-corrected chi connectivity index (χ1v) is 13.0. The Labute approximate surface area is 190 Å². The maximum absolute atomic E-state index is 12.5. The molecule has 170 valence electrons. The van der Waals surface area contributed by atoms with Crippen molar-refractivity contribution in [2.24, 2.45) is 10.9 Å². The number of thiazole rings is 1. The van der Waals surface area contributed by atoms with Gasteiger partial charge in [-0.1, -0.05) is 29.9 Å². The molecule has 1 fully saturated rings. The number of rotatable bonds is 7. The molecule has 1 aromatic heterocycles. The fraction of sp³-hybridized carbons (Fsp3) is 0.550. The number of likely N-dealkylation sites (tertiary alicyclic amines) is 1. The maximum Gasteiger partial charge on any atom is 0.263 e. The molecule has 1 aliphatic heterocycles. The van der Waals surface area contributed by atoms with Gasteiger partial charge in [0.15, 0.2) is 14.6 Å². The first-order valence-electron chi connectivity index (χ1n) is 10.0. The molecule has 0 saturated carbocycles. The Hall–Kier alpha value is -1.75. The Kier molecular flexibility index (Phi) is 7.90.